The van der Waals surface area contributed by atoms with E-state index in [9.17, 15) is 0 Å². The van der Waals surface area contributed by atoms with Crippen molar-refractivity contribution < 1.29 is 9.26 Å². The van der Waals surface area contributed by atoms with E-state index in [-0.39, 0.29) is 0 Å². The van der Waals surface area contributed by atoms with E-state index in [0.717, 1.165) is 29.5 Å². The molecule has 0 aliphatic rings. The van der Waals surface area contributed by atoms with Gasteiger partial charge in [-0.1, -0.05) is 23.4 Å². The first-order valence-electron chi connectivity index (χ1n) is 7.20. The molecule has 0 radical (unpaired) electrons. The number of hydrogen-bond acceptors (Lipinski definition) is 4. The number of hydrogen-bond donors (Lipinski definition) is 1. The van der Waals surface area contributed by atoms with E-state index in [1.165, 1.54) is 0 Å². The van der Waals surface area contributed by atoms with Gasteiger partial charge in [0.05, 0.1) is 13.1 Å². The highest BCUT2D eigenvalue weighted by molar-refractivity contribution is 5.79. The van der Waals surface area contributed by atoms with Gasteiger partial charge >= 0.3 is 0 Å². The molecule has 6 heteroatoms. The van der Waals surface area contributed by atoms with Crippen LogP contribution in [0.4, 0.5) is 0 Å². The van der Waals surface area contributed by atoms with E-state index < -0.39 is 0 Å². The maximum Gasteiger partial charge on any atom is 0.193 e. The van der Waals surface area contributed by atoms with Crippen LogP contribution in [0.15, 0.2) is 46.1 Å². The zero-order chi connectivity index (χ0) is 15.8. The van der Waals surface area contributed by atoms with E-state index >= 15 is 0 Å². The molecule has 0 spiro atoms. The minimum atomic E-state index is 0.576. The molecule has 0 bridgehead atoms. The minimum Gasteiger partial charge on any atom is -0.491 e. The smallest absolute Gasteiger partial charge is 0.193 e. The summed E-state index contributed by atoms with van der Waals surface area (Å²) in [4.78, 5) is 6.26. The van der Waals surface area contributed by atoms with Crippen LogP contribution in [0.1, 0.15) is 11.3 Å². The van der Waals surface area contributed by atoms with E-state index in [2.05, 4.69) is 15.5 Å². The van der Waals surface area contributed by atoms with Crippen LogP contribution in [-0.4, -0.2) is 43.3 Å². The summed E-state index contributed by atoms with van der Waals surface area (Å²) in [5.41, 5.74) is 1.98. The van der Waals surface area contributed by atoms with Gasteiger partial charge in [-0.2, -0.15) is 0 Å². The predicted octanol–water partition coefficient (Wildman–Crippen LogP) is 2.07. The number of aryl methyl sites for hydroxylation is 1. The molecule has 1 aromatic carbocycles. The Morgan fingerprint density at radius 1 is 1.36 bits per heavy atom. The lowest BCUT2D eigenvalue weighted by Crippen LogP contribution is -2.40. The van der Waals surface area contributed by atoms with Crippen molar-refractivity contribution >= 4 is 5.96 Å². The Hall–Kier alpha value is -2.50. The molecule has 0 aliphatic heterocycles. The third-order valence-electron chi connectivity index (χ3n) is 3.27. The van der Waals surface area contributed by atoms with Crippen molar-refractivity contribution in [2.45, 2.75) is 13.5 Å². The summed E-state index contributed by atoms with van der Waals surface area (Å²) in [6.07, 6.45) is 1.56. The topological polar surface area (TPSA) is 62.9 Å². The largest absolute Gasteiger partial charge is 0.491 e. The van der Waals surface area contributed by atoms with Gasteiger partial charge in [0.15, 0.2) is 5.96 Å². The Balaban J connectivity index is 1.77. The number of rotatable bonds is 6. The fraction of sp³-hybridized carbons (Fsp3) is 0.375. The molecule has 0 atom stereocenters. The third-order valence-corrected chi connectivity index (χ3v) is 3.27. The highest BCUT2D eigenvalue weighted by Gasteiger charge is 2.07. The number of guanidine groups is 1. The number of nitrogens with one attached hydrogen (secondary N) is 1. The Kier molecular flexibility index (Phi) is 5.82. The molecule has 0 amide bonds. The highest BCUT2D eigenvalue weighted by Crippen LogP contribution is 2.15. The molecule has 2 aromatic rings. The Morgan fingerprint density at radius 3 is 2.86 bits per heavy atom. The van der Waals surface area contributed by atoms with Crippen molar-refractivity contribution in [3.63, 3.8) is 0 Å². The van der Waals surface area contributed by atoms with Crippen LogP contribution in [0.5, 0.6) is 5.75 Å². The van der Waals surface area contributed by atoms with Crippen LogP contribution >= 0.6 is 0 Å². The third kappa shape index (κ3) is 4.51. The van der Waals surface area contributed by atoms with Crippen molar-refractivity contribution in [1.29, 1.82) is 0 Å². The first kappa shape index (κ1) is 15.9. The molecule has 1 N–H and O–H groups in total. The summed E-state index contributed by atoms with van der Waals surface area (Å²) >= 11 is 0. The first-order valence-corrected chi connectivity index (χ1v) is 7.20. The summed E-state index contributed by atoms with van der Waals surface area (Å²) in [6, 6.07) is 9.82. The van der Waals surface area contributed by atoms with Gasteiger partial charge in [0.2, 0.25) is 0 Å². The molecular weight excluding hydrogens is 280 g/mol. The second kappa shape index (κ2) is 8.07. The second-order valence-corrected chi connectivity index (χ2v) is 4.93. The Morgan fingerprint density at radius 2 is 2.18 bits per heavy atom. The van der Waals surface area contributed by atoms with Crippen LogP contribution in [0.2, 0.25) is 0 Å². The van der Waals surface area contributed by atoms with Crippen molar-refractivity contribution in [1.82, 2.24) is 15.4 Å². The number of para-hydroxylation sites is 1. The normalized spacial score (nSPS) is 11.3. The molecule has 0 unspecified atom stereocenters. The lowest BCUT2D eigenvalue weighted by molar-refractivity contribution is 0.279. The number of aromatic nitrogens is 1. The standard InChI is InChI=1S/C16H22N4O2/c1-13-6-4-5-7-15(13)21-11-9-20(3)16(17-2)18-12-14-8-10-22-19-14/h4-8,10H,9,11-12H2,1-3H3,(H,17,18). The van der Waals surface area contributed by atoms with Crippen LogP contribution in [0, 0.1) is 6.92 Å². The predicted molar refractivity (Wildman–Crippen MR) is 86.0 cm³/mol. The van der Waals surface area contributed by atoms with Crippen LogP contribution in [0.25, 0.3) is 0 Å². The summed E-state index contributed by atoms with van der Waals surface area (Å²) < 4.78 is 10.6. The molecule has 2 rings (SSSR count). The molecule has 22 heavy (non-hydrogen) atoms. The molecule has 0 aliphatic carbocycles. The average Bonchev–Trinajstić information content (AvgIpc) is 3.03. The van der Waals surface area contributed by atoms with E-state index in [1.54, 1.807) is 13.3 Å². The van der Waals surface area contributed by atoms with Gasteiger partial charge in [-0.25, -0.2) is 0 Å². The second-order valence-electron chi connectivity index (χ2n) is 4.93. The molecule has 0 fully saturated rings. The van der Waals surface area contributed by atoms with Crippen molar-refractivity contribution in [2.75, 3.05) is 27.2 Å². The summed E-state index contributed by atoms with van der Waals surface area (Å²) in [6.45, 7) is 3.93. The summed E-state index contributed by atoms with van der Waals surface area (Å²) in [5, 5.41) is 7.09. The minimum absolute atomic E-state index is 0.576. The van der Waals surface area contributed by atoms with Crippen LogP contribution in [0.3, 0.4) is 0 Å². The maximum atomic E-state index is 5.80. The quantitative estimate of drug-likeness (QED) is 0.654. The number of ether oxygens (including phenoxy) is 1. The van der Waals surface area contributed by atoms with Gasteiger partial charge in [0.25, 0.3) is 0 Å². The van der Waals surface area contributed by atoms with Crippen molar-refractivity contribution in [3.8, 4) is 5.75 Å². The number of aliphatic imine (C=N–C) groups is 1. The van der Waals surface area contributed by atoms with Gasteiger partial charge < -0.3 is 19.5 Å². The van der Waals surface area contributed by atoms with Gasteiger partial charge in [0.1, 0.15) is 24.3 Å². The summed E-state index contributed by atoms with van der Waals surface area (Å²) in [7, 11) is 3.73. The number of likely N-dealkylation sites (N-methyl/N-ethyl adjacent to an activating group) is 1. The Bertz CT molecular complexity index is 596. The molecule has 0 saturated carbocycles. The lowest BCUT2D eigenvalue weighted by atomic mass is 10.2. The average molecular weight is 302 g/mol. The van der Waals surface area contributed by atoms with Gasteiger partial charge in [-0.05, 0) is 18.6 Å². The SMILES string of the molecule is CN=C(NCc1ccon1)N(C)CCOc1ccccc1C. The molecule has 0 saturated heterocycles. The fourth-order valence-electron chi connectivity index (χ4n) is 2.00. The van der Waals surface area contributed by atoms with E-state index in [0.29, 0.717) is 13.2 Å². The molecule has 1 heterocycles. The van der Waals surface area contributed by atoms with Gasteiger partial charge in [0, 0.05) is 20.2 Å². The zero-order valence-corrected chi connectivity index (χ0v) is 13.2. The molecule has 118 valence electrons. The molecule has 1 aromatic heterocycles. The molecular formula is C16H22N4O2. The number of nitrogens with zero attached hydrogens (tertiary/aromatic N) is 3. The zero-order valence-electron chi connectivity index (χ0n) is 13.2. The van der Waals surface area contributed by atoms with Crippen molar-refractivity contribution in [3.05, 3.63) is 47.9 Å². The Labute approximate surface area is 130 Å². The monoisotopic (exact) mass is 302 g/mol. The fourth-order valence-corrected chi connectivity index (χ4v) is 2.00. The molecule has 6 nitrogen and oxygen atoms in total. The van der Waals surface area contributed by atoms with Crippen molar-refractivity contribution in [2.24, 2.45) is 4.99 Å². The maximum absolute atomic E-state index is 5.80. The summed E-state index contributed by atoms with van der Waals surface area (Å²) in [5.74, 6) is 1.71. The number of benzene rings is 1. The van der Waals surface area contributed by atoms with Crippen LogP contribution < -0.4 is 10.1 Å². The highest BCUT2D eigenvalue weighted by atomic mass is 16.5. The first-order chi connectivity index (χ1) is 10.7. The van der Waals surface area contributed by atoms with Crippen LogP contribution in [-0.2, 0) is 6.54 Å². The lowest BCUT2D eigenvalue weighted by Gasteiger charge is -2.22. The van der Waals surface area contributed by atoms with Gasteiger partial charge in [-0.15, -0.1) is 0 Å². The van der Waals surface area contributed by atoms with Gasteiger partial charge in [-0.3, -0.25) is 4.99 Å². The van der Waals surface area contributed by atoms with E-state index in [1.807, 2.05) is 49.2 Å². The van der Waals surface area contributed by atoms with E-state index in [4.69, 9.17) is 9.26 Å².